The van der Waals surface area contributed by atoms with Crippen LogP contribution in [-0.2, 0) is 20.8 Å². The molecule has 1 fully saturated rings. The van der Waals surface area contributed by atoms with Crippen molar-refractivity contribution in [2.24, 2.45) is 0 Å². The number of hydrogen-bond donors (Lipinski definition) is 1. The zero-order valence-electron chi connectivity index (χ0n) is 20.7. The van der Waals surface area contributed by atoms with Gasteiger partial charge in [0.1, 0.15) is 23.5 Å². The van der Waals surface area contributed by atoms with Crippen LogP contribution in [0.3, 0.4) is 0 Å². The number of nitrogens with zero attached hydrogens (tertiary/aromatic N) is 2. The van der Waals surface area contributed by atoms with Gasteiger partial charge in [-0.15, -0.1) is 11.8 Å². The Bertz CT molecular complexity index is 1170. The van der Waals surface area contributed by atoms with Gasteiger partial charge in [-0.2, -0.15) is 5.26 Å². The van der Waals surface area contributed by atoms with Gasteiger partial charge in [0.25, 0.3) is 5.91 Å². The Morgan fingerprint density at radius 1 is 1.25 bits per heavy atom. The third-order valence-corrected chi connectivity index (χ3v) is 7.27. The summed E-state index contributed by atoms with van der Waals surface area (Å²) in [5.74, 6) is -0.338. The Labute approximate surface area is 214 Å². The highest BCUT2D eigenvalue weighted by Crippen LogP contribution is 2.37. The Kier molecular flexibility index (Phi) is 7.86. The first-order valence-corrected chi connectivity index (χ1v) is 13.0. The van der Waals surface area contributed by atoms with Crippen molar-refractivity contribution in [1.29, 1.82) is 5.26 Å². The number of ether oxygens (including phenoxy) is 2. The number of benzene rings is 2. The number of carbonyl (C=O) groups is 2. The van der Waals surface area contributed by atoms with Gasteiger partial charge in [-0.25, -0.2) is 9.18 Å². The van der Waals surface area contributed by atoms with Gasteiger partial charge in [0.2, 0.25) is 0 Å². The van der Waals surface area contributed by atoms with Crippen LogP contribution in [0.25, 0.3) is 0 Å². The Balaban J connectivity index is 1.62. The molecule has 2 amide bonds. The van der Waals surface area contributed by atoms with E-state index in [0.717, 1.165) is 31.6 Å². The van der Waals surface area contributed by atoms with Crippen LogP contribution in [0.15, 0.2) is 41.3 Å². The smallest absolute Gasteiger partial charge is 0.408 e. The average molecular weight is 512 g/mol. The number of carbonyl (C=O) groups excluding carboxylic acids is 2. The summed E-state index contributed by atoms with van der Waals surface area (Å²) < 4.78 is 25.2. The molecule has 9 heteroatoms. The molecule has 0 spiro atoms. The van der Waals surface area contributed by atoms with E-state index < -0.39 is 23.6 Å². The lowest BCUT2D eigenvalue weighted by Gasteiger charge is -2.27. The van der Waals surface area contributed by atoms with Crippen molar-refractivity contribution in [2.45, 2.75) is 62.6 Å². The number of nitrogens with one attached hydrogen (secondary N) is 1. The molecule has 190 valence electrons. The molecule has 2 aromatic carbocycles. The molecule has 2 aliphatic heterocycles. The summed E-state index contributed by atoms with van der Waals surface area (Å²) in [6.45, 7) is 6.96. The lowest BCUT2D eigenvalue weighted by atomic mass is 9.91. The number of anilines is 1. The molecule has 2 aromatic rings. The molecular weight excluding hydrogens is 481 g/mol. The first-order valence-electron chi connectivity index (χ1n) is 12.0. The van der Waals surface area contributed by atoms with Crippen molar-refractivity contribution in [3.63, 3.8) is 0 Å². The normalized spacial score (nSPS) is 18.7. The molecule has 4 rings (SSSR count). The van der Waals surface area contributed by atoms with Crippen molar-refractivity contribution in [2.75, 3.05) is 23.9 Å². The van der Waals surface area contributed by atoms with Crippen LogP contribution in [0, 0.1) is 17.1 Å². The fourth-order valence-electron chi connectivity index (χ4n) is 4.33. The molecular formula is C27H30FN3O4S. The van der Waals surface area contributed by atoms with E-state index in [0.29, 0.717) is 16.5 Å². The lowest BCUT2D eigenvalue weighted by Crippen LogP contribution is -2.50. The fraction of sp³-hybridized carbons (Fsp3) is 0.444. The van der Waals surface area contributed by atoms with E-state index in [1.807, 2.05) is 18.2 Å². The van der Waals surface area contributed by atoms with Gasteiger partial charge in [-0.1, -0.05) is 24.3 Å². The van der Waals surface area contributed by atoms with Crippen molar-refractivity contribution in [3.8, 4) is 6.07 Å². The quantitative estimate of drug-likeness (QED) is 0.612. The molecule has 0 aliphatic carbocycles. The summed E-state index contributed by atoms with van der Waals surface area (Å²) >= 11 is 1.26. The van der Waals surface area contributed by atoms with E-state index in [1.54, 1.807) is 20.8 Å². The largest absolute Gasteiger partial charge is 0.444 e. The number of hydrogen-bond acceptors (Lipinski definition) is 6. The number of rotatable bonds is 4. The van der Waals surface area contributed by atoms with Crippen LogP contribution in [0.2, 0.25) is 0 Å². The molecule has 0 saturated carbocycles. The molecule has 0 radical (unpaired) electrons. The fourth-order valence-corrected chi connectivity index (χ4v) is 5.41. The van der Waals surface area contributed by atoms with E-state index in [1.165, 1.54) is 34.4 Å². The molecule has 2 heterocycles. The summed E-state index contributed by atoms with van der Waals surface area (Å²) in [5, 5.41) is 12.1. The van der Waals surface area contributed by atoms with E-state index in [2.05, 4.69) is 17.4 Å². The molecule has 7 nitrogen and oxygen atoms in total. The molecule has 1 saturated heterocycles. The highest BCUT2D eigenvalue weighted by atomic mass is 32.2. The number of thioether (sulfide) groups is 1. The van der Waals surface area contributed by atoms with Gasteiger partial charge in [-0.05, 0) is 62.8 Å². The molecule has 2 aliphatic rings. The third-order valence-electron chi connectivity index (χ3n) is 6.13. The molecule has 1 atom stereocenters. The predicted octanol–water partition coefficient (Wildman–Crippen LogP) is 5.12. The van der Waals surface area contributed by atoms with E-state index >= 15 is 0 Å². The number of halogens is 1. The van der Waals surface area contributed by atoms with Crippen molar-refractivity contribution in [1.82, 2.24) is 5.32 Å². The van der Waals surface area contributed by atoms with E-state index in [-0.39, 0.29) is 23.8 Å². The van der Waals surface area contributed by atoms with Crippen LogP contribution >= 0.6 is 11.8 Å². The summed E-state index contributed by atoms with van der Waals surface area (Å²) in [7, 11) is 0. The first-order chi connectivity index (χ1) is 17.1. The maximum Gasteiger partial charge on any atom is 0.408 e. The minimum atomic E-state index is -0.882. The summed E-state index contributed by atoms with van der Waals surface area (Å²) in [6, 6.07) is 11.8. The number of alkyl carbamates (subject to hydrolysis) is 1. The van der Waals surface area contributed by atoms with Crippen molar-refractivity contribution < 1.29 is 23.5 Å². The zero-order chi connectivity index (χ0) is 25.9. The number of nitriles is 1. The highest BCUT2D eigenvalue weighted by Gasteiger charge is 2.34. The molecule has 1 N–H and O–H groups in total. The van der Waals surface area contributed by atoms with Crippen LogP contribution < -0.4 is 10.2 Å². The van der Waals surface area contributed by atoms with Crippen LogP contribution in [0.1, 0.15) is 56.2 Å². The number of amides is 2. The second-order valence-corrected chi connectivity index (χ2v) is 11.0. The van der Waals surface area contributed by atoms with Crippen LogP contribution in [0.4, 0.5) is 14.9 Å². The van der Waals surface area contributed by atoms with Crippen LogP contribution in [0.5, 0.6) is 0 Å². The van der Waals surface area contributed by atoms with Gasteiger partial charge in [0, 0.05) is 23.9 Å². The maximum atomic E-state index is 14.4. The average Bonchev–Trinajstić information content (AvgIpc) is 2.95. The minimum Gasteiger partial charge on any atom is -0.444 e. The zero-order valence-corrected chi connectivity index (χ0v) is 21.5. The second kappa shape index (κ2) is 10.9. The summed E-state index contributed by atoms with van der Waals surface area (Å²) in [4.78, 5) is 28.2. The van der Waals surface area contributed by atoms with Crippen molar-refractivity contribution in [3.05, 3.63) is 58.9 Å². The first kappa shape index (κ1) is 26.0. The van der Waals surface area contributed by atoms with Gasteiger partial charge >= 0.3 is 6.09 Å². The third kappa shape index (κ3) is 6.18. The maximum absolute atomic E-state index is 14.4. The van der Waals surface area contributed by atoms with Gasteiger partial charge < -0.3 is 19.7 Å². The Hall–Kier alpha value is -3.09. The van der Waals surface area contributed by atoms with E-state index in [4.69, 9.17) is 9.47 Å². The SMILES string of the molecule is CC(C)(C)OC(=O)N[C@H]1CSc2cc(F)c(C#N)cc2N(Cc2ccc(C3CCOCC3)cc2)C1=O. The number of fused-ring (bicyclic) bond motifs is 1. The predicted molar refractivity (Wildman–Crippen MR) is 135 cm³/mol. The van der Waals surface area contributed by atoms with Gasteiger partial charge in [0.15, 0.2) is 0 Å². The van der Waals surface area contributed by atoms with Gasteiger partial charge in [0.05, 0.1) is 17.8 Å². The van der Waals surface area contributed by atoms with Gasteiger partial charge in [-0.3, -0.25) is 4.79 Å². The molecule has 0 unspecified atom stereocenters. The lowest BCUT2D eigenvalue weighted by molar-refractivity contribution is -0.120. The molecule has 0 bridgehead atoms. The van der Waals surface area contributed by atoms with Crippen LogP contribution in [-0.4, -0.2) is 42.6 Å². The minimum absolute atomic E-state index is 0.138. The summed E-state index contributed by atoms with van der Waals surface area (Å²) in [5.41, 5.74) is 1.71. The van der Waals surface area contributed by atoms with E-state index in [9.17, 15) is 19.2 Å². The highest BCUT2D eigenvalue weighted by molar-refractivity contribution is 7.99. The van der Waals surface area contributed by atoms with Crippen molar-refractivity contribution >= 4 is 29.4 Å². The topological polar surface area (TPSA) is 91.7 Å². The monoisotopic (exact) mass is 511 g/mol. The second-order valence-electron chi connectivity index (χ2n) is 9.97. The Morgan fingerprint density at radius 3 is 2.58 bits per heavy atom. The summed E-state index contributed by atoms with van der Waals surface area (Å²) in [6.07, 6.45) is 1.27. The Morgan fingerprint density at radius 2 is 1.94 bits per heavy atom. The molecule has 36 heavy (non-hydrogen) atoms. The molecule has 0 aromatic heterocycles. The standard InChI is InChI=1S/C27H30FN3O4S/c1-27(2,3)35-26(33)30-22-16-36-24-13-21(28)20(14-29)12-23(24)31(25(22)32)15-17-4-6-18(7-5-17)19-8-10-34-11-9-19/h4-7,12-13,19,22H,8-11,15-16H2,1-3H3,(H,30,33)/t22-/m0/s1.